The molecule has 0 aliphatic carbocycles. The van der Waals surface area contributed by atoms with Crippen molar-refractivity contribution in [1.82, 2.24) is 0 Å². The van der Waals surface area contributed by atoms with Gasteiger partial charge in [0, 0.05) is 17.9 Å². The number of nitrogen functional groups attached to an aromatic ring is 1. The van der Waals surface area contributed by atoms with E-state index >= 15 is 0 Å². The summed E-state index contributed by atoms with van der Waals surface area (Å²) in [5, 5.41) is 18.0. The van der Waals surface area contributed by atoms with Crippen molar-refractivity contribution < 1.29 is 14.6 Å². The van der Waals surface area contributed by atoms with Gasteiger partial charge in [-0.05, 0) is 24.6 Å². The number of benzene rings is 1. The molecule has 0 radical (unpaired) electrons. The minimum atomic E-state index is -1.05. The zero-order valence-corrected chi connectivity index (χ0v) is 10.6. The zero-order chi connectivity index (χ0) is 14.0. The van der Waals surface area contributed by atoms with Gasteiger partial charge >= 0.3 is 5.97 Å². The number of hydrogen-bond acceptors (Lipinski definition) is 5. The minimum Gasteiger partial charge on any atom is -0.478 e. The predicted molar refractivity (Wildman–Crippen MR) is 70.1 cm³/mol. The Balaban J connectivity index is 2.35. The van der Waals surface area contributed by atoms with E-state index < -0.39 is 12.1 Å². The third-order valence-electron chi connectivity index (χ3n) is 3.18. The van der Waals surface area contributed by atoms with Gasteiger partial charge in [-0.1, -0.05) is 0 Å². The molecule has 0 bridgehead atoms. The van der Waals surface area contributed by atoms with Crippen LogP contribution in [0, 0.1) is 18.3 Å². The molecule has 1 aromatic carbocycles. The summed E-state index contributed by atoms with van der Waals surface area (Å²) >= 11 is 0. The zero-order valence-electron chi connectivity index (χ0n) is 10.6. The lowest BCUT2D eigenvalue weighted by molar-refractivity contribution is 0.0698. The van der Waals surface area contributed by atoms with E-state index in [2.05, 4.69) is 6.07 Å². The molecule has 0 amide bonds. The third kappa shape index (κ3) is 2.61. The summed E-state index contributed by atoms with van der Waals surface area (Å²) in [5.41, 5.74) is 7.61. The number of anilines is 2. The fraction of sp³-hybridized carbons (Fsp3) is 0.385. The standard InChI is InChI=1S/C13H15N3O3/c1-8-4-9(5-11(12(8)15)13(17)18)16-2-3-19-10(6-14)7-16/h4-5,10H,2-3,7,15H2,1H3,(H,17,18). The number of carboxylic acid groups (broad SMARTS) is 1. The minimum absolute atomic E-state index is 0.0926. The Hall–Kier alpha value is -2.26. The fourth-order valence-corrected chi connectivity index (χ4v) is 2.10. The maximum absolute atomic E-state index is 11.2. The number of nitrogens with zero attached hydrogens (tertiary/aromatic N) is 2. The van der Waals surface area contributed by atoms with E-state index in [1.54, 1.807) is 13.0 Å². The van der Waals surface area contributed by atoms with E-state index in [0.717, 1.165) is 11.3 Å². The highest BCUT2D eigenvalue weighted by atomic mass is 16.5. The summed E-state index contributed by atoms with van der Waals surface area (Å²) < 4.78 is 5.27. The number of ether oxygens (including phenoxy) is 1. The number of rotatable bonds is 2. The van der Waals surface area contributed by atoms with Crippen LogP contribution in [0.25, 0.3) is 0 Å². The molecule has 3 N–H and O–H groups in total. The smallest absolute Gasteiger partial charge is 0.337 e. The van der Waals surface area contributed by atoms with E-state index in [0.29, 0.717) is 19.7 Å². The Kier molecular flexibility index (Phi) is 3.58. The monoisotopic (exact) mass is 261 g/mol. The summed E-state index contributed by atoms with van der Waals surface area (Å²) in [7, 11) is 0. The maximum atomic E-state index is 11.2. The number of morpholine rings is 1. The van der Waals surface area contributed by atoms with Gasteiger partial charge in [0.05, 0.1) is 24.8 Å². The topological polar surface area (TPSA) is 99.6 Å². The van der Waals surface area contributed by atoms with E-state index in [1.807, 2.05) is 11.0 Å². The lowest BCUT2D eigenvalue weighted by Crippen LogP contribution is -2.42. The van der Waals surface area contributed by atoms with Crippen LogP contribution in [0.15, 0.2) is 12.1 Å². The Morgan fingerprint density at radius 3 is 3.00 bits per heavy atom. The molecule has 1 unspecified atom stereocenters. The average molecular weight is 261 g/mol. The highest BCUT2D eigenvalue weighted by Crippen LogP contribution is 2.26. The van der Waals surface area contributed by atoms with Crippen LogP contribution in [0.3, 0.4) is 0 Å². The number of hydrogen-bond donors (Lipinski definition) is 2. The molecular formula is C13H15N3O3. The molecule has 6 nitrogen and oxygen atoms in total. The van der Waals surface area contributed by atoms with Crippen molar-refractivity contribution in [1.29, 1.82) is 5.26 Å². The summed E-state index contributed by atoms with van der Waals surface area (Å²) in [5.74, 6) is -1.05. The van der Waals surface area contributed by atoms with Crippen LogP contribution in [0.2, 0.25) is 0 Å². The van der Waals surface area contributed by atoms with E-state index in [9.17, 15) is 4.79 Å². The van der Waals surface area contributed by atoms with Gasteiger partial charge < -0.3 is 20.5 Å². The van der Waals surface area contributed by atoms with Crippen molar-refractivity contribution in [2.24, 2.45) is 0 Å². The lowest BCUT2D eigenvalue weighted by Gasteiger charge is -2.32. The van der Waals surface area contributed by atoms with E-state index in [1.165, 1.54) is 0 Å². The first-order chi connectivity index (χ1) is 9.02. The van der Waals surface area contributed by atoms with Crippen molar-refractivity contribution in [2.45, 2.75) is 13.0 Å². The largest absolute Gasteiger partial charge is 0.478 e. The van der Waals surface area contributed by atoms with Gasteiger partial charge in [-0.3, -0.25) is 0 Å². The Labute approximate surface area is 111 Å². The third-order valence-corrected chi connectivity index (χ3v) is 3.18. The number of carboxylic acids is 1. The molecule has 1 aliphatic heterocycles. The first-order valence-corrected chi connectivity index (χ1v) is 5.92. The Morgan fingerprint density at radius 1 is 1.63 bits per heavy atom. The lowest BCUT2D eigenvalue weighted by atomic mass is 10.1. The second kappa shape index (κ2) is 5.16. The summed E-state index contributed by atoms with van der Waals surface area (Å²) in [6.45, 7) is 3.27. The van der Waals surface area contributed by atoms with Gasteiger partial charge in [-0.15, -0.1) is 0 Å². The second-order valence-corrected chi connectivity index (χ2v) is 4.46. The van der Waals surface area contributed by atoms with E-state index in [-0.39, 0.29) is 11.3 Å². The van der Waals surface area contributed by atoms with Crippen LogP contribution in [0.5, 0.6) is 0 Å². The van der Waals surface area contributed by atoms with Crippen LogP contribution in [0.1, 0.15) is 15.9 Å². The van der Waals surface area contributed by atoms with Gasteiger partial charge in [-0.2, -0.15) is 5.26 Å². The molecule has 1 fully saturated rings. The second-order valence-electron chi connectivity index (χ2n) is 4.46. The molecule has 1 aliphatic rings. The molecule has 1 saturated heterocycles. The average Bonchev–Trinajstić information content (AvgIpc) is 2.41. The molecular weight excluding hydrogens is 246 g/mol. The van der Waals surface area contributed by atoms with Crippen LogP contribution in [-0.4, -0.2) is 36.9 Å². The Bertz CT molecular complexity index is 551. The first-order valence-electron chi connectivity index (χ1n) is 5.92. The number of nitriles is 1. The van der Waals surface area contributed by atoms with Crippen LogP contribution >= 0.6 is 0 Å². The molecule has 100 valence electrons. The van der Waals surface area contributed by atoms with Crippen LogP contribution in [-0.2, 0) is 4.74 Å². The molecule has 1 atom stereocenters. The molecule has 1 heterocycles. The fourth-order valence-electron chi connectivity index (χ4n) is 2.10. The normalized spacial score (nSPS) is 18.9. The Morgan fingerprint density at radius 2 is 2.37 bits per heavy atom. The van der Waals surface area contributed by atoms with Crippen molar-refractivity contribution in [3.05, 3.63) is 23.3 Å². The summed E-state index contributed by atoms with van der Waals surface area (Å²) in [4.78, 5) is 13.1. The summed E-state index contributed by atoms with van der Waals surface area (Å²) in [6, 6.07) is 5.44. The predicted octanol–water partition coefficient (Wildman–Crippen LogP) is 1.00. The molecule has 2 rings (SSSR count). The van der Waals surface area contributed by atoms with Gasteiger partial charge in [0.25, 0.3) is 0 Å². The number of aryl methyl sites for hydroxylation is 1. The van der Waals surface area contributed by atoms with Crippen LogP contribution in [0.4, 0.5) is 11.4 Å². The molecule has 0 aromatic heterocycles. The molecule has 1 aromatic rings. The van der Waals surface area contributed by atoms with Crippen molar-refractivity contribution >= 4 is 17.3 Å². The number of aromatic carboxylic acids is 1. The van der Waals surface area contributed by atoms with Gasteiger partial charge in [0.15, 0.2) is 6.10 Å². The maximum Gasteiger partial charge on any atom is 0.337 e. The van der Waals surface area contributed by atoms with Crippen molar-refractivity contribution in [3.8, 4) is 6.07 Å². The quantitative estimate of drug-likeness (QED) is 0.770. The molecule has 0 spiro atoms. The van der Waals surface area contributed by atoms with Crippen LogP contribution < -0.4 is 10.6 Å². The number of carbonyl (C=O) groups is 1. The summed E-state index contributed by atoms with van der Waals surface area (Å²) in [6.07, 6.45) is -0.486. The van der Waals surface area contributed by atoms with E-state index in [4.69, 9.17) is 20.8 Å². The van der Waals surface area contributed by atoms with Crippen molar-refractivity contribution in [2.75, 3.05) is 30.3 Å². The van der Waals surface area contributed by atoms with Gasteiger partial charge in [-0.25, -0.2) is 4.79 Å². The van der Waals surface area contributed by atoms with Gasteiger partial charge in [0.2, 0.25) is 0 Å². The van der Waals surface area contributed by atoms with Crippen molar-refractivity contribution in [3.63, 3.8) is 0 Å². The molecule has 0 saturated carbocycles. The first kappa shape index (κ1) is 13.2. The molecule has 19 heavy (non-hydrogen) atoms. The highest BCUT2D eigenvalue weighted by molar-refractivity contribution is 5.95. The SMILES string of the molecule is Cc1cc(N2CCOC(C#N)C2)cc(C(=O)O)c1N. The number of nitrogens with two attached hydrogens (primary N) is 1. The molecule has 6 heteroatoms. The van der Waals surface area contributed by atoms with Gasteiger partial charge in [0.1, 0.15) is 0 Å². The highest BCUT2D eigenvalue weighted by Gasteiger charge is 2.22.